The summed E-state index contributed by atoms with van der Waals surface area (Å²) in [5.41, 5.74) is 2.09. The predicted molar refractivity (Wildman–Crippen MR) is 82.8 cm³/mol. The van der Waals surface area contributed by atoms with E-state index in [0.29, 0.717) is 6.42 Å². The summed E-state index contributed by atoms with van der Waals surface area (Å²) in [6.07, 6.45) is 9.03. The lowest BCUT2D eigenvalue weighted by Crippen LogP contribution is -2.44. The van der Waals surface area contributed by atoms with E-state index in [1.807, 2.05) is 31.2 Å². The van der Waals surface area contributed by atoms with E-state index in [1.165, 1.54) is 5.57 Å². The van der Waals surface area contributed by atoms with Gasteiger partial charge in [0, 0.05) is 12.0 Å². The second-order valence-corrected chi connectivity index (χ2v) is 5.83. The summed E-state index contributed by atoms with van der Waals surface area (Å²) in [4.78, 5) is 14.7. The molecule has 0 fully saturated rings. The summed E-state index contributed by atoms with van der Waals surface area (Å²) in [7, 11) is 0. The summed E-state index contributed by atoms with van der Waals surface area (Å²) in [5, 5.41) is 0. The molecule has 108 valence electrons. The van der Waals surface area contributed by atoms with E-state index < -0.39 is 5.60 Å². The molecule has 0 aromatic heterocycles. The van der Waals surface area contributed by atoms with E-state index in [-0.39, 0.29) is 18.6 Å². The molecule has 1 spiro atoms. The lowest BCUT2D eigenvalue weighted by Gasteiger charge is -2.30. The van der Waals surface area contributed by atoms with Gasteiger partial charge in [-0.1, -0.05) is 35.8 Å². The number of hydrogen-bond donors (Lipinski definition) is 0. The van der Waals surface area contributed by atoms with Gasteiger partial charge in [-0.2, -0.15) is 0 Å². The number of hydrogen-bond acceptors (Lipinski definition) is 2. The van der Waals surface area contributed by atoms with Gasteiger partial charge < -0.3 is 4.74 Å². The van der Waals surface area contributed by atoms with Gasteiger partial charge in [0.25, 0.3) is 5.91 Å². The molecule has 0 unspecified atom stereocenters. The van der Waals surface area contributed by atoms with Crippen molar-refractivity contribution in [2.75, 3.05) is 11.4 Å². The number of nitrogens with zero attached hydrogens (tertiary/aromatic N) is 1. The highest BCUT2D eigenvalue weighted by atomic mass is 16.5. The summed E-state index contributed by atoms with van der Waals surface area (Å²) < 4.78 is 6.23. The Morgan fingerprint density at radius 2 is 2.24 bits per heavy atom. The average Bonchev–Trinajstić information content (AvgIpc) is 2.60. The van der Waals surface area contributed by atoms with Crippen molar-refractivity contribution >= 4 is 11.6 Å². The predicted octanol–water partition coefficient (Wildman–Crippen LogP) is 3.01. The molecule has 3 nitrogen and oxygen atoms in total. The maximum Gasteiger partial charge on any atom is 0.265 e. The van der Waals surface area contributed by atoms with E-state index in [2.05, 4.69) is 18.9 Å². The Bertz CT molecular complexity index is 655. The Morgan fingerprint density at radius 3 is 3.00 bits per heavy atom. The third kappa shape index (κ3) is 2.07. The number of ether oxygens (including phenoxy) is 1. The van der Waals surface area contributed by atoms with Crippen molar-refractivity contribution in [3.8, 4) is 12.3 Å². The molecule has 1 amide bonds. The van der Waals surface area contributed by atoms with Crippen LogP contribution < -0.4 is 4.90 Å². The first-order chi connectivity index (χ1) is 10.1. The van der Waals surface area contributed by atoms with Crippen molar-refractivity contribution in [1.82, 2.24) is 0 Å². The number of anilines is 1. The number of rotatable bonds is 1. The van der Waals surface area contributed by atoms with Crippen LogP contribution in [0.1, 0.15) is 32.3 Å². The molecule has 3 heteroatoms. The SMILES string of the molecule is C#CCN1C(=O)[C@@]2(CC(C)=CC[C@@H](C)O2)c2ccccc21. The number of carbonyl (C=O) groups is 1. The van der Waals surface area contributed by atoms with Gasteiger partial charge in [0.15, 0.2) is 5.60 Å². The van der Waals surface area contributed by atoms with Gasteiger partial charge in [-0.3, -0.25) is 9.69 Å². The maximum atomic E-state index is 13.1. The van der Waals surface area contributed by atoms with Gasteiger partial charge in [0.1, 0.15) is 0 Å². The van der Waals surface area contributed by atoms with E-state index in [4.69, 9.17) is 11.2 Å². The summed E-state index contributed by atoms with van der Waals surface area (Å²) in [6.45, 7) is 4.34. The lowest BCUT2D eigenvalue weighted by molar-refractivity contribution is -0.150. The van der Waals surface area contributed by atoms with E-state index in [1.54, 1.807) is 4.90 Å². The molecule has 2 aliphatic rings. The molecule has 0 bridgehead atoms. The second kappa shape index (κ2) is 5.05. The minimum Gasteiger partial charge on any atom is -0.357 e. The van der Waals surface area contributed by atoms with Crippen LogP contribution in [0.2, 0.25) is 0 Å². The van der Waals surface area contributed by atoms with Crippen LogP contribution in [0, 0.1) is 12.3 Å². The van der Waals surface area contributed by atoms with E-state index >= 15 is 0 Å². The van der Waals surface area contributed by atoms with Crippen LogP contribution in [0.15, 0.2) is 35.9 Å². The van der Waals surface area contributed by atoms with Gasteiger partial charge in [-0.25, -0.2) is 0 Å². The molecule has 1 aromatic rings. The van der Waals surface area contributed by atoms with Gasteiger partial charge >= 0.3 is 0 Å². The van der Waals surface area contributed by atoms with Gasteiger partial charge in [-0.15, -0.1) is 6.42 Å². The summed E-state index contributed by atoms with van der Waals surface area (Å²) >= 11 is 0. The second-order valence-electron chi connectivity index (χ2n) is 5.83. The van der Waals surface area contributed by atoms with Gasteiger partial charge in [0.2, 0.25) is 0 Å². The van der Waals surface area contributed by atoms with Crippen molar-refractivity contribution in [1.29, 1.82) is 0 Å². The minimum atomic E-state index is -0.913. The lowest BCUT2D eigenvalue weighted by atomic mass is 9.88. The van der Waals surface area contributed by atoms with E-state index in [0.717, 1.165) is 17.7 Å². The molecule has 0 saturated carbocycles. The number of benzene rings is 1. The zero-order chi connectivity index (χ0) is 15.0. The molecule has 0 radical (unpaired) electrons. The number of fused-ring (bicyclic) bond motifs is 2. The molecule has 21 heavy (non-hydrogen) atoms. The molecule has 0 saturated heterocycles. The fourth-order valence-electron chi connectivity index (χ4n) is 3.29. The molecule has 3 rings (SSSR count). The fourth-order valence-corrected chi connectivity index (χ4v) is 3.29. The molecule has 2 heterocycles. The Morgan fingerprint density at radius 1 is 1.48 bits per heavy atom. The Hall–Kier alpha value is -2.05. The first-order valence-electron chi connectivity index (χ1n) is 7.27. The number of para-hydroxylation sites is 1. The van der Waals surface area contributed by atoms with Crippen LogP contribution in [0.4, 0.5) is 5.69 Å². The Kier molecular flexibility index (Phi) is 3.35. The first-order valence-corrected chi connectivity index (χ1v) is 7.27. The maximum absolute atomic E-state index is 13.1. The number of terminal acetylenes is 1. The number of amides is 1. The van der Waals surface area contributed by atoms with Crippen molar-refractivity contribution in [3.05, 3.63) is 41.5 Å². The van der Waals surface area contributed by atoms with Crippen molar-refractivity contribution in [2.24, 2.45) is 0 Å². The Balaban J connectivity index is 2.16. The topological polar surface area (TPSA) is 29.5 Å². The van der Waals surface area contributed by atoms with E-state index in [9.17, 15) is 4.79 Å². The highest BCUT2D eigenvalue weighted by Gasteiger charge is 2.53. The van der Waals surface area contributed by atoms with Gasteiger partial charge in [-0.05, 0) is 26.3 Å². The molecule has 2 atom stereocenters. The molecular formula is C18H19NO2. The first kappa shape index (κ1) is 13.9. The van der Waals surface area contributed by atoms with Crippen LogP contribution in [-0.2, 0) is 15.1 Å². The molecule has 0 aliphatic carbocycles. The largest absolute Gasteiger partial charge is 0.357 e. The fraction of sp³-hybridized carbons (Fsp3) is 0.389. The zero-order valence-corrected chi connectivity index (χ0v) is 12.4. The quantitative estimate of drug-likeness (QED) is 0.585. The van der Waals surface area contributed by atoms with Crippen LogP contribution in [-0.4, -0.2) is 18.6 Å². The normalized spacial score (nSPS) is 28.0. The van der Waals surface area contributed by atoms with Gasteiger partial charge in [0.05, 0.1) is 18.3 Å². The van der Waals surface area contributed by atoms with Crippen molar-refractivity contribution < 1.29 is 9.53 Å². The average molecular weight is 281 g/mol. The summed E-state index contributed by atoms with van der Waals surface area (Å²) in [6, 6.07) is 7.80. The highest BCUT2D eigenvalue weighted by Crippen LogP contribution is 2.48. The van der Waals surface area contributed by atoms with Crippen LogP contribution >= 0.6 is 0 Å². The third-order valence-electron chi connectivity index (χ3n) is 4.20. The van der Waals surface area contributed by atoms with Crippen LogP contribution in [0.3, 0.4) is 0 Å². The highest BCUT2D eigenvalue weighted by molar-refractivity contribution is 6.07. The number of carbonyl (C=O) groups excluding carboxylic acids is 1. The smallest absolute Gasteiger partial charge is 0.265 e. The monoisotopic (exact) mass is 281 g/mol. The summed E-state index contributed by atoms with van der Waals surface area (Å²) in [5.74, 6) is 2.54. The van der Waals surface area contributed by atoms with Crippen LogP contribution in [0.25, 0.3) is 0 Å². The van der Waals surface area contributed by atoms with Crippen LogP contribution in [0.5, 0.6) is 0 Å². The molecule has 1 aromatic carbocycles. The molecular weight excluding hydrogens is 262 g/mol. The third-order valence-corrected chi connectivity index (χ3v) is 4.20. The van der Waals surface area contributed by atoms with Crippen molar-refractivity contribution in [3.63, 3.8) is 0 Å². The standard InChI is InChI=1S/C18H19NO2/c1-4-11-19-16-8-6-5-7-15(16)18(17(19)20)12-13(2)9-10-14(3)21-18/h1,5-9,14H,10-12H2,2-3H3/t14-,18-/m1/s1. The molecule has 2 aliphatic heterocycles. The zero-order valence-electron chi connectivity index (χ0n) is 12.4. The Labute approximate surface area is 125 Å². The minimum absolute atomic E-state index is 0.00485. The van der Waals surface area contributed by atoms with Crippen molar-refractivity contribution in [2.45, 2.75) is 38.4 Å². The molecule has 0 N–H and O–H groups in total.